The van der Waals surface area contributed by atoms with Gasteiger partial charge in [0.2, 0.25) is 0 Å². The third-order valence-electron chi connectivity index (χ3n) is 5.48. The molecule has 0 spiro atoms. The second kappa shape index (κ2) is 5.98. The lowest BCUT2D eigenvalue weighted by atomic mass is 9.92. The summed E-state index contributed by atoms with van der Waals surface area (Å²) in [6, 6.07) is 16.2. The summed E-state index contributed by atoms with van der Waals surface area (Å²) in [6.07, 6.45) is 0. The molecular weight excluding hydrogens is 316 g/mol. The van der Waals surface area contributed by atoms with Crippen LogP contribution >= 0.6 is 0 Å². The summed E-state index contributed by atoms with van der Waals surface area (Å²) in [5.41, 5.74) is 6.40. The van der Waals surface area contributed by atoms with Gasteiger partial charge in [-0.05, 0) is 55.9 Å². The zero-order valence-electron chi connectivity index (χ0n) is 19.1. The molecule has 0 amide bonds. The first-order chi connectivity index (χ1) is 13.6. The summed E-state index contributed by atoms with van der Waals surface area (Å²) < 4.78 is 27.8. The van der Waals surface area contributed by atoms with Crippen molar-refractivity contribution in [1.82, 2.24) is 4.57 Å². The van der Waals surface area contributed by atoms with E-state index in [-0.39, 0.29) is 0 Å². The fourth-order valence-electron chi connectivity index (χ4n) is 4.18. The van der Waals surface area contributed by atoms with E-state index in [1.165, 1.54) is 27.5 Å². The molecule has 4 aromatic rings. The minimum absolute atomic E-state index is 0.329. The van der Waals surface area contributed by atoms with Crippen molar-refractivity contribution in [2.24, 2.45) is 7.05 Å². The molecule has 0 fully saturated rings. The number of hydrogen-bond donors (Lipinski definition) is 0. The Morgan fingerprint density at radius 2 is 1.81 bits per heavy atom. The van der Waals surface area contributed by atoms with Gasteiger partial charge >= 0.3 is 0 Å². The second-order valence-electron chi connectivity index (χ2n) is 7.47. The van der Waals surface area contributed by atoms with Gasteiger partial charge in [0, 0.05) is 26.5 Å². The van der Waals surface area contributed by atoms with Crippen molar-refractivity contribution in [3.8, 4) is 5.82 Å². The van der Waals surface area contributed by atoms with Gasteiger partial charge in [-0.15, -0.1) is 0 Å². The standard InChI is InChI=1S/C24H27N2/c1-15(2)20-14-16(3)23-19-11-7-8-12-21(19)26(24(23)18(20)5)22-13-9-10-17(4)25(22)6/h7-15H,1-6H3/q+1/i4D3. The van der Waals surface area contributed by atoms with Crippen molar-refractivity contribution < 1.29 is 8.68 Å². The molecule has 2 heteroatoms. The Morgan fingerprint density at radius 1 is 1.04 bits per heavy atom. The fraction of sp³-hybridized carbons (Fsp3) is 0.292. The number of hydrogen-bond acceptors (Lipinski definition) is 0. The van der Waals surface area contributed by atoms with Gasteiger partial charge in [0.05, 0.1) is 7.05 Å². The second-order valence-corrected chi connectivity index (χ2v) is 7.47. The molecule has 0 radical (unpaired) electrons. The predicted molar refractivity (Wildman–Crippen MR) is 110 cm³/mol. The molecule has 0 aliphatic heterocycles. The van der Waals surface area contributed by atoms with Crippen LogP contribution in [-0.2, 0) is 7.05 Å². The highest BCUT2D eigenvalue weighted by Crippen LogP contribution is 2.38. The van der Waals surface area contributed by atoms with Crippen molar-refractivity contribution in [2.75, 3.05) is 0 Å². The highest BCUT2D eigenvalue weighted by Gasteiger charge is 2.25. The average molecular weight is 347 g/mol. The Labute approximate surface area is 159 Å². The largest absolute Gasteiger partial charge is 0.286 e. The molecule has 0 saturated heterocycles. The number of para-hydroxylation sites is 1. The van der Waals surface area contributed by atoms with E-state index in [2.05, 4.69) is 56.5 Å². The quantitative estimate of drug-likeness (QED) is 0.414. The van der Waals surface area contributed by atoms with E-state index in [0.29, 0.717) is 11.6 Å². The summed E-state index contributed by atoms with van der Waals surface area (Å²) in [5.74, 6) is 1.26. The van der Waals surface area contributed by atoms with Gasteiger partial charge in [0.15, 0.2) is 0 Å². The smallest absolute Gasteiger partial charge is 0.234 e. The number of nitrogens with zero attached hydrogens (tertiary/aromatic N) is 2. The lowest BCUT2D eigenvalue weighted by Gasteiger charge is -2.13. The van der Waals surface area contributed by atoms with E-state index in [4.69, 9.17) is 4.11 Å². The molecule has 0 N–H and O–H groups in total. The highest BCUT2D eigenvalue weighted by atomic mass is 15.1. The van der Waals surface area contributed by atoms with Crippen LogP contribution < -0.4 is 4.57 Å². The maximum atomic E-state index is 7.93. The van der Waals surface area contributed by atoms with Crippen molar-refractivity contribution >= 4 is 21.8 Å². The molecule has 0 saturated carbocycles. The van der Waals surface area contributed by atoms with Crippen LogP contribution in [0.15, 0.2) is 48.5 Å². The summed E-state index contributed by atoms with van der Waals surface area (Å²) >= 11 is 0. The summed E-state index contributed by atoms with van der Waals surface area (Å²) in [6.45, 7) is 6.62. The van der Waals surface area contributed by atoms with Crippen molar-refractivity contribution in [2.45, 2.75) is 40.5 Å². The number of aromatic nitrogens is 2. The molecule has 4 rings (SSSR count). The van der Waals surface area contributed by atoms with Gasteiger partial charge < -0.3 is 0 Å². The molecular formula is C24H27N2+. The fourth-order valence-corrected chi connectivity index (χ4v) is 4.18. The molecule has 132 valence electrons. The van der Waals surface area contributed by atoms with Crippen LogP contribution in [-0.4, -0.2) is 4.57 Å². The topological polar surface area (TPSA) is 8.81 Å². The van der Waals surface area contributed by atoms with E-state index >= 15 is 0 Å². The molecule has 0 unspecified atom stereocenters. The summed E-state index contributed by atoms with van der Waals surface area (Å²) in [5, 5.41) is 2.43. The van der Waals surface area contributed by atoms with Gasteiger partial charge in [-0.3, -0.25) is 0 Å². The van der Waals surface area contributed by atoms with E-state index < -0.39 is 6.85 Å². The number of fused-ring (bicyclic) bond motifs is 3. The normalized spacial score (nSPS) is 14.0. The summed E-state index contributed by atoms with van der Waals surface area (Å²) in [4.78, 5) is 0. The number of aryl methyl sites for hydroxylation is 3. The number of pyridine rings is 1. The SMILES string of the molecule is [2H]C([2H])([2H])c1cccc(-n2c3ccccc3c3c(C)cc(C(C)C)c(C)c32)[n+]1C. The predicted octanol–water partition coefficient (Wildman–Crippen LogP) is 5.66. The molecule has 26 heavy (non-hydrogen) atoms. The Hall–Kier alpha value is -2.61. The molecule has 2 nitrogen and oxygen atoms in total. The van der Waals surface area contributed by atoms with Gasteiger partial charge in [-0.25, -0.2) is 4.57 Å². The third kappa shape index (κ3) is 2.28. The maximum Gasteiger partial charge on any atom is 0.286 e. The van der Waals surface area contributed by atoms with Crippen molar-refractivity contribution in [3.63, 3.8) is 0 Å². The van der Waals surface area contributed by atoms with Crippen LogP contribution in [0.3, 0.4) is 0 Å². The first kappa shape index (κ1) is 13.6. The van der Waals surface area contributed by atoms with Crippen molar-refractivity contribution in [1.29, 1.82) is 0 Å². The zero-order chi connectivity index (χ0) is 21.1. The van der Waals surface area contributed by atoms with E-state index in [9.17, 15) is 0 Å². The van der Waals surface area contributed by atoms with Gasteiger partial charge in [-0.1, -0.05) is 38.1 Å². The number of rotatable bonds is 2. The lowest BCUT2D eigenvalue weighted by molar-refractivity contribution is -0.671. The molecule has 2 heterocycles. The summed E-state index contributed by atoms with van der Waals surface area (Å²) in [7, 11) is 1.84. The van der Waals surface area contributed by atoms with E-state index in [1.54, 1.807) is 10.6 Å². The highest BCUT2D eigenvalue weighted by molar-refractivity contribution is 6.11. The molecule has 0 aliphatic rings. The van der Waals surface area contributed by atoms with Crippen LogP contribution in [0.1, 0.15) is 46.3 Å². The Kier molecular flexibility index (Phi) is 3.12. The van der Waals surface area contributed by atoms with Crippen LogP contribution in [0.25, 0.3) is 27.6 Å². The molecule has 2 aromatic carbocycles. The first-order valence-corrected chi connectivity index (χ1v) is 9.16. The number of benzene rings is 2. The monoisotopic (exact) mass is 346 g/mol. The zero-order valence-corrected chi connectivity index (χ0v) is 16.1. The molecule has 0 aliphatic carbocycles. The van der Waals surface area contributed by atoms with Gasteiger partial charge in [0.25, 0.3) is 5.82 Å². The minimum atomic E-state index is -2.17. The molecule has 2 aromatic heterocycles. The van der Waals surface area contributed by atoms with Crippen LogP contribution in [0.4, 0.5) is 0 Å². The van der Waals surface area contributed by atoms with Crippen LogP contribution in [0.5, 0.6) is 0 Å². The third-order valence-corrected chi connectivity index (χ3v) is 5.48. The minimum Gasteiger partial charge on any atom is -0.234 e. The lowest BCUT2D eigenvalue weighted by Crippen LogP contribution is -2.37. The Morgan fingerprint density at radius 3 is 2.54 bits per heavy atom. The van der Waals surface area contributed by atoms with Crippen molar-refractivity contribution in [3.05, 3.63) is 70.9 Å². The van der Waals surface area contributed by atoms with Crippen LogP contribution in [0.2, 0.25) is 0 Å². The maximum absolute atomic E-state index is 7.93. The Bertz CT molecular complexity index is 1250. The molecule has 0 atom stereocenters. The molecule has 0 bridgehead atoms. The van der Waals surface area contributed by atoms with Gasteiger partial charge in [0.1, 0.15) is 16.7 Å². The van der Waals surface area contributed by atoms with E-state index in [0.717, 1.165) is 16.9 Å². The average Bonchev–Trinajstić information content (AvgIpc) is 2.99. The van der Waals surface area contributed by atoms with Crippen LogP contribution in [0, 0.1) is 20.7 Å². The van der Waals surface area contributed by atoms with Gasteiger partial charge in [-0.2, -0.15) is 4.57 Å². The first-order valence-electron chi connectivity index (χ1n) is 10.7. The van der Waals surface area contributed by atoms with E-state index in [1.807, 2.05) is 25.2 Å². The Balaban J connectivity index is 2.24.